The highest BCUT2D eigenvalue weighted by Crippen LogP contribution is 2.23. The second-order valence-electron chi connectivity index (χ2n) is 4.50. The molecule has 0 fully saturated rings. The highest BCUT2D eigenvalue weighted by molar-refractivity contribution is 5.32. The normalized spacial score (nSPS) is 14.8. The zero-order valence-corrected chi connectivity index (χ0v) is 10.7. The standard InChI is InChI=1S/C14H22O2/c1-10-5-6-11(2)13(9-10)14(15)8-7-12(3)16-4/h5-6,9,12,14-15H,7-8H2,1-4H3. The van der Waals surface area contributed by atoms with Crippen LogP contribution in [0.1, 0.15) is 42.6 Å². The van der Waals surface area contributed by atoms with Gasteiger partial charge in [0.1, 0.15) is 0 Å². The van der Waals surface area contributed by atoms with Gasteiger partial charge in [0.2, 0.25) is 0 Å². The van der Waals surface area contributed by atoms with Crippen LogP contribution in [0.5, 0.6) is 0 Å². The predicted octanol–water partition coefficient (Wildman–Crippen LogP) is 3.15. The Labute approximate surface area is 98.3 Å². The molecule has 0 heterocycles. The second-order valence-corrected chi connectivity index (χ2v) is 4.50. The van der Waals surface area contributed by atoms with E-state index in [9.17, 15) is 5.11 Å². The monoisotopic (exact) mass is 222 g/mol. The van der Waals surface area contributed by atoms with Gasteiger partial charge in [0, 0.05) is 7.11 Å². The molecule has 0 amide bonds. The summed E-state index contributed by atoms with van der Waals surface area (Å²) in [5.74, 6) is 0. The fraction of sp³-hybridized carbons (Fsp3) is 0.571. The molecule has 2 unspecified atom stereocenters. The highest BCUT2D eigenvalue weighted by atomic mass is 16.5. The van der Waals surface area contributed by atoms with Gasteiger partial charge >= 0.3 is 0 Å². The zero-order valence-electron chi connectivity index (χ0n) is 10.7. The van der Waals surface area contributed by atoms with Crippen LogP contribution in [-0.4, -0.2) is 18.3 Å². The van der Waals surface area contributed by atoms with Crippen LogP contribution < -0.4 is 0 Å². The Morgan fingerprint density at radius 1 is 1.25 bits per heavy atom. The van der Waals surface area contributed by atoms with Gasteiger partial charge in [0.25, 0.3) is 0 Å². The maximum absolute atomic E-state index is 10.1. The Balaban J connectivity index is 2.65. The van der Waals surface area contributed by atoms with Crippen LogP contribution in [0, 0.1) is 13.8 Å². The van der Waals surface area contributed by atoms with Crippen molar-refractivity contribution in [2.45, 2.75) is 45.8 Å². The lowest BCUT2D eigenvalue weighted by Gasteiger charge is -2.16. The van der Waals surface area contributed by atoms with Gasteiger partial charge in [0.05, 0.1) is 12.2 Å². The Kier molecular flexibility index (Phi) is 4.97. The molecular weight excluding hydrogens is 200 g/mol. The number of aliphatic hydroxyl groups is 1. The molecule has 1 rings (SSSR count). The molecule has 0 aromatic heterocycles. The summed E-state index contributed by atoms with van der Waals surface area (Å²) >= 11 is 0. The smallest absolute Gasteiger partial charge is 0.0793 e. The third-order valence-corrected chi connectivity index (χ3v) is 3.04. The van der Waals surface area contributed by atoms with E-state index >= 15 is 0 Å². The summed E-state index contributed by atoms with van der Waals surface area (Å²) < 4.78 is 5.18. The molecule has 0 bridgehead atoms. The molecule has 2 atom stereocenters. The fourth-order valence-electron chi connectivity index (χ4n) is 1.78. The Morgan fingerprint density at radius 2 is 1.94 bits per heavy atom. The minimum atomic E-state index is -0.377. The van der Waals surface area contributed by atoms with Gasteiger partial charge in [-0.3, -0.25) is 0 Å². The third kappa shape index (κ3) is 3.62. The highest BCUT2D eigenvalue weighted by Gasteiger charge is 2.12. The van der Waals surface area contributed by atoms with E-state index in [0.717, 1.165) is 24.0 Å². The molecule has 1 N–H and O–H groups in total. The molecule has 16 heavy (non-hydrogen) atoms. The Hall–Kier alpha value is -0.860. The molecule has 0 radical (unpaired) electrons. The number of hydrogen-bond acceptors (Lipinski definition) is 2. The molecule has 2 heteroatoms. The number of aliphatic hydroxyl groups excluding tert-OH is 1. The number of rotatable bonds is 5. The average molecular weight is 222 g/mol. The number of benzene rings is 1. The van der Waals surface area contributed by atoms with Crippen molar-refractivity contribution in [3.63, 3.8) is 0 Å². The van der Waals surface area contributed by atoms with E-state index in [1.54, 1.807) is 7.11 Å². The van der Waals surface area contributed by atoms with E-state index in [1.165, 1.54) is 5.56 Å². The summed E-state index contributed by atoms with van der Waals surface area (Å²) in [4.78, 5) is 0. The molecule has 0 aliphatic carbocycles. The molecule has 1 aromatic carbocycles. The van der Waals surface area contributed by atoms with Crippen LogP contribution in [0.3, 0.4) is 0 Å². The number of methoxy groups -OCH3 is 1. The van der Waals surface area contributed by atoms with Crippen LogP contribution in [0.25, 0.3) is 0 Å². The van der Waals surface area contributed by atoms with Gasteiger partial charge in [-0.2, -0.15) is 0 Å². The first kappa shape index (κ1) is 13.2. The van der Waals surface area contributed by atoms with Crippen LogP contribution in [-0.2, 0) is 4.74 Å². The van der Waals surface area contributed by atoms with Crippen molar-refractivity contribution in [3.8, 4) is 0 Å². The van der Waals surface area contributed by atoms with Crippen molar-refractivity contribution in [2.24, 2.45) is 0 Å². The summed E-state index contributed by atoms with van der Waals surface area (Å²) in [6.45, 7) is 6.11. The Morgan fingerprint density at radius 3 is 2.56 bits per heavy atom. The van der Waals surface area contributed by atoms with E-state index < -0.39 is 0 Å². The second kappa shape index (κ2) is 6.02. The van der Waals surface area contributed by atoms with Crippen molar-refractivity contribution < 1.29 is 9.84 Å². The van der Waals surface area contributed by atoms with E-state index in [2.05, 4.69) is 18.2 Å². The molecule has 0 saturated heterocycles. The van der Waals surface area contributed by atoms with Gasteiger partial charge < -0.3 is 9.84 Å². The number of hydrogen-bond donors (Lipinski definition) is 1. The van der Waals surface area contributed by atoms with Crippen LogP contribution in [0.4, 0.5) is 0 Å². The van der Waals surface area contributed by atoms with Crippen molar-refractivity contribution in [2.75, 3.05) is 7.11 Å². The molecule has 0 saturated carbocycles. The fourth-order valence-corrected chi connectivity index (χ4v) is 1.78. The summed E-state index contributed by atoms with van der Waals surface area (Å²) in [6.07, 6.45) is 1.46. The lowest BCUT2D eigenvalue weighted by atomic mass is 9.97. The minimum Gasteiger partial charge on any atom is -0.388 e. The van der Waals surface area contributed by atoms with Gasteiger partial charge in [-0.15, -0.1) is 0 Å². The van der Waals surface area contributed by atoms with Crippen LogP contribution in [0.2, 0.25) is 0 Å². The quantitative estimate of drug-likeness (QED) is 0.829. The van der Waals surface area contributed by atoms with E-state index in [4.69, 9.17) is 4.74 Å². The maximum atomic E-state index is 10.1. The van der Waals surface area contributed by atoms with E-state index in [-0.39, 0.29) is 12.2 Å². The summed E-state index contributed by atoms with van der Waals surface area (Å²) in [5, 5.41) is 10.1. The van der Waals surface area contributed by atoms with Crippen LogP contribution in [0.15, 0.2) is 18.2 Å². The van der Waals surface area contributed by atoms with Gasteiger partial charge in [-0.25, -0.2) is 0 Å². The summed E-state index contributed by atoms with van der Waals surface area (Å²) in [5.41, 5.74) is 3.39. The first-order valence-electron chi connectivity index (χ1n) is 5.82. The van der Waals surface area contributed by atoms with Crippen molar-refractivity contribution in [1.29, 1.82) is 0 Å². The minimum absolute atomic E-state index is 0.208. The van der Waals surface area contributed by atoms with Gasteiger partial charge in [0.15, 0.2) is 0 Å². The van der Waals surface area contributed by atoms with Gasteiger partial charge in [-0.1, -0.05) is 23.8 Å². The molecule has 0 aliphatic heterocycles. The van der Waals surface area contributed by atoms with Crippen LogP contribution >= 0.6 is 0 Å². The molecule has 0 aliphatic rings. The lowest BCUT2D eigenvalue weighted by Crippen LogP contribution is -2.08. The topological polar surface area (TPSA) is 29.5 Å². The largest absolute Gasteiger partial charge is 0.388 e. The lowest BCUT2D eigenvalue weighted by molar-refractivity contribution is 0.0849. The SMILES string of the molecule is COC(C)CCC(O)c1cc(C)ccc1C. The van der Waals surface area contributed by atoms with Crippen molar-refractivity contribution in [1.82, 2.24) is 0 Å². The predicted molar refractivity (Wildman–Crippen MR) is 66.6 cm³/mol. The Bertz CT molecular complexity index is 334. The third-order valence-electron chi connectivity index (χ3n) is 3.04. The van der Waals surface area contributed by atoms with Gasteiger partial charge in [-0.05, 0) is 44.7 Å². The molecule has 2 nitrogen and oxygen atoms in total. The molecule has 90 valence electrons. The number of ether oxygens (including phenoxy) is 1. The summed E-state index contributed by atoms with van der Waals surface area (Å²) in [7, 11) is 1.70. The molecular formula is C14H22O2. The molecule has 0 spiro atoms. The molecule has 1 aromatic rings. The first-order valence-corrected chi connectivity index (χ1v) is 5.82. The zero-order chi connectivity index (χ0) is 12.1. The van der Waals surface area contributed by atoms with Crippen molar-refractivity contribution in [3.05, 3.63) is 34.9 Å². The van der Waals surface area contributed by atoms with Crippen molar-refractivity contribution >= 4 is 0 Å². The maximum Gasteiger partial charge on any atom is 0.0793 e. The first-order chi connectivity index (χ1) is 7.54. The van der Waals surface area contributed by atoms with E-state index in [0.29, 0.717) is 0 Å². The van der Waals surface area contributed by atoms with E-state index in [1.807, 2.05) is 20.8 Å². The average Bonchev–Trinajstić information content (AvgIpc) is 2.28. The summed E-state index contributed by atoms with van der Waals surface area (Å²) in [6, 6.07) is 6.20. The number of aryl methyl sites for hydroxylation is 2.